The maximum absolute atomic E-state index is 14.4. The summed E-state index contributed by atoms with van der Waals surface area (Å²) in [6.07, 6.45) is -3.21. The van der Waals surface area contributed by atoms with Crippen LogP contribution in [0.15, 0.2) is 50.6 Å². The van der Waals surface area contributed by atoms with Gasteiger partial charge in [0.2, 0.25) is 5.95 Å². The van der Waals surface area contributed by atoms with Crippen molar-refractivity contribution in [1.82, 2.24) is 58.1 Å². The highest BCUT2D eigenvalue weighted by atomic mass is 32.7. The van der Waals surface area contributed by atoms with E-state index in [1.807, 2.05) is 0 Å². The molecule has 32 nitrogen and oxygen atoms in total. The fourth-order valence-electron chi connectivity index (χ4n) is 9.54. The van der Waals surface area contributed by atoms with Crippen molar-refractivity contribution >= 4 is 96.0 Å². The first-order chi connectivity index (χ1) is 37.4. The molecule has 38 heteroatoms. The number of nitrogen functional groups attached to an aromatic ring is 3. The number of rotatable bonds is 20. The molecule has 4 aliphatic rings. The number of imidazole rings is 2. The van der Waals surface area contributed by atoms with Crippen molar-refractivity contribution in [3.05, 3.63) is 84.2 Å². The molecule has 6 aromatic heterocycles. The van der Waals surface area contributed by atoms with E-state index in [-0.39, 0.29) is 71.3 Å². The summed E-state index contributed by atoms with van der Waals surface area (Å²) in [5.74, 6) is -0.0417. The lowest BCUT2D eigenvalue weighted by molar-refractivity contribution is -0.219. The predicted octanol–water partition coefficient (Wildman–Crippen LogP) is 0.110. The molecule has 0 amide bonds. The number of aromatic nitrogens is 12. The number of anilines is 3. The first-order valence-corrected chi connectivity index (χ1v) is 32.0. The number of hydrogen-bond acceptors (Lipinski definition) is 29. The smallest absolute Gasteiger partial charge is 0.351 e. The minimum absolute atomic E-state index is 0.00148. The van der Waals surface area contributed by atoms with Gasteiger partial charge in [-0.05, 0) is 33.1 Å². The number of ether oxygens (including phenoxy) is 4. The summed E-state index contributed by atoms with van der Waals surface area (Å²) in [5.41, 5.74) is 16.5. The molecular weight excluding hydrogens is 1160 g/mol. The highest BCUT2D eigenvalue weighted by Gasteiger charge is 2.44. The van der Waals surface area contributed by atoms with Gasteiger partial charge in [0.25, 0.3) is 11.1 Å². The number of nitrogens with two attached hydrogens (primary N) is 3. The molecule has 6 aromatic rings. The van der Waals surface area contributed by atoms with E-state index in [2.05, 4.69) is 39.9 Å². The van der Waals surface area contributed by atoms with Crippen molar-refractivity contribution in [1.29, 1.82) is 0 Å². The predicted molar refractivity (Wildman–Crippen MR) is 281 cm³/mol. The van der Waals surface area contributed by atoms with E-state index in [9.17, 15) is 33.5 Å². The molecule has 0 bridgehead atoms. The summed E-state index contributed by atoms with van der Waals surface area (Å²) < 4.78 is 79.1. The average molecular weight is 1220 g/mol. The Kier molecular flexibility index (Phi) is 16.7. The molecule has 10 heterocycles. The maximum Gasteiger partial charge on any atom is 0.351 e. The second-order valence-electron chi connectivity index (χ2n) is 18.8. The van der Waals surface area contributed by atoms with Crippen LogP contribution in [0.4, 0.5) is 17.6 Å². The van der Waals surface area contributed by atoms with Crippen molar-refractivity contribution < 1.29 is 60.4 Å². The summed E-state index contributed by atoms with van der Waals surface area (Å²) in [4.78, 5) is 108. The van der Waals surface area contributed by atoms with Gasteiger partial charge in [0.1, 0.15) is 68.2 Å². The quantitative estimate of drug-likeness (QED) is 0.0500. The number of aryl methyl sites for hydroxylation is 2. The van der Waals surface area contributed by atoms with Crippen molar-refractivity contribution in [2.75, 3.05) is 37.0 Å². The third kappa shape index (κ3) is 12.7. The van der Waals surface area contributed by atoms with Gasteiger partial charge >= 0.3 is 11.4 Å². The van der Waals surface area contributed by atoms with Gasteiger partial charge in [-0.25, -0.2) is 29.5 Å². The van der Waals surface area contributed by atoms with E-state index in [1.165, 1.54) is 56.6 Å². The number of nitrogens with one attached hydrogen (secondary N) is 2. The second-order valence-corrected chi connectivity index (χ2v) is 26.9. The number of fused-ring (bicyclic) bond motifs is 2. The Bertz CT molecular complexity index is 3680. The fourth-order valence-corrected chi connectivity index (χ4v) is 13.9. The topological polar surface area (TPSA) is 430 Å². The zero-order valence-electron chi connectivity index (χ0n) is 41.8. The molecule has 4 aliphatic heterocycles. The lowest BCUT2D eigenvalue weighted by atomic mass is 10.1. The molecule has 3 unspecified atom stereocenters. The van der Waals surface area contributed by atoms with Gasteiger partial charge in [0.15, 0.2) is 29.4 Å². The van der Waals surface area contributed by atoms with E-state index >= 15 is 0 Å². The number of hydrogen-bond donors (Lipinski definition) is 5. The van der Waals surface area contributed by atoms with Crippen molar-refractivity contribution in [2.24, 2.45) is 0 Å². The maximum atomic E-state index is 14.4. The van der Waals surface area contributed by atoms with E-state index in [0.29, 0.717) is 24.8 Å². The molecule has 0 radical (unpaired) electrons. The molecule has 8 N–H and O–H groups in total. The van der Waals surface area contributed by atoms with E-state index in [0.717, 1.165) is 0 Å². The van der Waals surface area contributed by atoms with Gasteiger partial charge < -0.3 is 85.3 Å². The minimum Gasteiger partial charge on any atom is -0.780 e. The zero-order valence-corrected chi connectivity index (χ0v) is 46.9. The second kappa shape index (κ2) is 22.9. The van der Waals surface area contributed by atoms with Crippen LogP contribution in [0, 0.1) is 13.8 Å². The largest absolute Gasteiger partial charge is 0.780 e. The van der Waals surface area contributed by atoms with Crippen LogP contribution in [0.3, 0.4) is 0 Å². The first kappa shape index (κ1) is 57.5. The van der Waals surface area contributed by atoms with Crippen molar-refractivity contribution in [3.8, 4) is 0 Å². The molecule has 10 rings (SSSR count). The van der Waals surface area contributed by atoms with Gasteiger partial charge in [-0.15, -0.1) is 0 Å². The Morgan fingerprint density at radius 2 is 1.25 bits per heavy atom. The van der Waals surface area contributed by atoms with E-state index < -0.39 is 124 Å². The monoisotopic (exact) mass is 1210 g/mol. The molecule has 0 aliphatic carbocycles. The summed E-state index contributed by atoms with van der Waals surface area (Å²) in [7, 11) is 0. The molecule has 4 fully saturated rings. The van der Waals surface area contributed by atoms with Gasteiger partial charge in [-0.3, -0.25) is 42.4 Å². The van der Waals surface area contributed by atoms with Crippen molar-refractivity contribution in [3.63, 3.8) is 0 Å². The van der Waals surface area contributed by atoms with Crippen LogP contribution in [0.5, 0.6) is 0 Å². The summed E-state index contributed by atoms with van der Waals surface area (Å²) in [6, 6.07) is 0. The third-order valence-corrected chi connectivity index (χ3v) is 18.1. The molecule has 79 heavy (non-hydrogen) atoms. The molecule has 4 saturated heterocycles. The van der Waals surface area contributed by atoms with Crippen LogP contribution < -0.4 is 49.5 Å². The van der Waals surface area contributed by atoms with Gasteiger partial charge in [0.05, 0.1) is 63.0 Å². The number of nitrogens with zero attached hydrogens (tertiary/aromatic N) is 10. The Morgan fingerprint density at radius 3 is 1.92 bits per heavy atom. The highest BCUT2D eigenvalue weighted by molar-refractivity contribution is 8.32. The molecule has 14 atom stereocenters. The van der Waals surface area contributed by atoms with Gasteiger partial charge in [-0.2, -0.15) is 9.97 Å². The molecule has 428 valence electrons. The van der Waals surface area contributed by atoms with E-state index in [4.69, 9.17) is 99.2 Å². The number of aromatic amines is 2. The minimum atomic E-state index is -4.65. The Hall–Kier alpha value is -4.74. The zero-order chi connectivity index (χ0) is 56.3. The molecule has 0 saturated carbocycles. The fraction of sp³-hybridized carbons (Fsp3) is 0.561. The van der Waals surface area contributed by atoms with E-state index in [1.54, 1.807) is 13.8 Å². The van der Waals surface area contributed by atoms with Gasteiger partial charge in [-0.1, -0.05) is 30.5 Å². The normalized spacial score (nSPS) is 28.6. The average Bonchev–Trinajstić information content (AvgIpc) is 4.42. The Labute approximate surface area is 460 Å². The van der Waals surface area contributed by atoms with Crippen LogP contribution in [-0.4, -0.2) is 121 Å². The standard InChI is InChI=1S/C41H54N15O17P3S3/c1-4-21-22(7-28(68-21)54-11-19(3)37(57)52-41(54)60)71-75(62,78)65-14-26-24(9-30(70-26)56-17-48-32-36(56)50-39(44)51-38(32)58)73-76(63,79)66-13-25-23(8-29(69-25)55-16-47-31-34(43)45-15-46-35(31)55)72-74(61,77)64-12-20-5-6-27(67-20)53-10-18(2)33(42)49-40(53)59/h10-11,15-17,20-30H,4-9,12-14H2,1-3H3,(H,61,77)(H,62,78)(H,63,79)(H2,42,49,59)(H2,43,45,46)(H,52,57,60)(H3,44,50,51,58)/p-3/t20-,21+,22+,23+,24+,25+,26+,27+,28+,29+,30+,74?,75?,76?/m0/s1. The van der Waals surface area contributed by atoms with Crippen LogP contribution >= 0.6 is 20.2 Å². The SMILES string of the molecule is CC[C@H]1O[C@@H](n2cc(C)c(=O)[nH]c2=O)C[C@H]1OP(=O)([S-])OC[C@H]1O[C@@H](n2cnc3c(=O)[nH]c(N)nc32)C[C@H]1OP([O-])(=S)OC[C@H]1O[C@@H](n2cnc3c(N)ncnc32)C[C@H]1OP([O-])(=S)OC[C@@H]1CC[C@H](n2cc(C)c(N)nc2=O)O1. The highest BCUT2D eigenvalue weighted by Crippen LogP contribution is 2.53. The number of H-pyrrole nitrogens is 2. The van der Waals surface area contributed by atoms with Crippen LogP contribution in [-0.2, 0) is 86.5 Å². The molecule has 0 aromatic carbocycles. The van der Waals surface area contributed by atoms with Crippen molar-refractivity contribution in [2.45, 2.75) is 127 Å². The lowest BCUT2D eigenvalue weighted by Gasteiger charge is -2.35. The van der Waals surface area contributed by atoms with Crippen LogP contribution in [0.2, 0.25) is 0 Å². The Morgan fingerprint density at radius 1 is 0.671 bits per heavy atom. The molecular formula is C41H51N15O17P3S3-3. The van der Waals surface area contributed by atoms with Crippen LogP contribution in [0.25, 0.3) is 22.3 Å². The summed E-state index contributed by atoms with van der Waals surface area (Å²) in [6.45, 7) is -9.99. The summed E-state index contributed by atoms with van der Waals surface area (Å²) in [5, 5.41) is 0. The lowest BCUT2D eigenvalue weighted by Crippen LogP contribution is -2.33. The Balaban J connectivity index is 0.839. The summed E-state index contributed by atoms with van der Waals surface area (Å²) >= 11 is 16.2. The molecule has 0 spiro atoms. The van der Waals surface area contributed by atoms with Crippen LogP contribution in [0.1, 0.15) is 81.5 Å². The third-order valence-electron chi connectivity index (χ3n) is 13.4. The first-order valence-electron chi connectivity index (χ1n) is 24.3. The van der Waals surface area contributed by atoms with Gasteiger partial charge in [0, 0.05) is 42.8 Å².